The molecule has 0 bridgehead atoms. The average molecular weight is 239 g/mol. The van der Waals surface area contributed by atoms with Gasteiger partial charge in [-0.15, -0.1) is 11.3 Å². The van der Waals surface area contributed by atoms with Gasteiger partial charge in [0.2, 0.25) is 0 Å². The minimum atomic E-state index is 0.348. The second kappa shape index (κ2) is 5.83. The van der Waals surface area contributed by atoms with E-state index in [9.17, 15) is 0 Å². The summed E-state index contributed by atoms with van der Waals surface area (Å²) in [6, 6.07) is 2.83. The van der Waals surface area contributed by atoms with Crippen LogP contribution in [0.4, 0.5) is 0 Å². The van der Waals surface area contributed by atoms with Crippen molar-refractivity contribution in [1.82, 2.24) is 5.32 Å². The molecule has 0 aliphatic carbocycles. The molecule has 0 aliphatic heterocycles. The first-order chi connectivity index (χ1) is 7.45. The van der Waals surface area contributed by atoms with Crippen LogP contribution < -0.4 is 5.32 Å². The maximum atomic E-state index is 3.61. The highest BCUT2D eigenvalue weighted by atomic mass is 32.1. The van der Waals surface area contributed by atoms with E-state index in [0.29, 0.717) is 11.5 Å². The Hall–Kier alpha value is -0.340. The van der Waals surface area contributed by atoms with Crippen molar-refractivity contribution in [3.8, 4) is 0 Å². The first kappa shape index (κ1) is 13.7. The zero-order chi connectivity index (χ0) is 12.2. The molecule has 92 valence electrons. The van der Waals surface area contributed by atoms with Gasteiger partial charge in [-0.2, -0.15) is 0 Å². The molecule has 1 aromatic rings. The van der Waals surface area contributed by atoms with Crippen molar-refractivity contribution >= 4 is 11.3 Å². The van der Waals surface area contributed by atoms with Crippen LogP contribution in [0.3, 0.4) is 0 Å². The molecule has 1 atom stereocenters. The topological polar surface area (TPSA) is 12.0 Å². The van der Waals surface area contributed by atoms with Crippen molar-refractivity contribution in [1.29, 1.82) is 0 Å². The number of hydrogen-bond donors (Lipinski definition) is 1. The van der Waals surface area contributed by atoms with Crippen molar-refractivity contribution in [2.24, 2.45) is 5.41 Å². The zero-order valence-electron chi connectivity index (χ0n) is 11.3. The minimum Gasteiger partial charge on any atom is -0.314 e. The van der Waals surface area contributed by atoms with Crippen LogP contribution in [0, 0.1) is 12.3 Å². The summed E-state index contributed by atoms with van der Waals surface area (Å²) in [6.07, 6.45) is 2.44. The van der Waals surface area contributed by atoms with Gasteiger partial charge in [-0.05, 0) is 48.7 Å². The summed E-state index contributed by atoms with van der Waals surface area (Å²) in [7, 11) is 0. The molecule has 0 amide bonds. The SMILES string of the molecule is CCNC(CCc1sccc1C)C(C)(C)C. The lowest BCUT2D eigenvalue weighted by Crippen LogP contribution is -2.40. The third-order valence-electron chi connectivity index (χ3n) is 3.12. The number of rotatable bonds is 5. The molecule has 1 heterocycles. The van der Waals surface area contributed by atoms with Gasteiger partial charge in [0.1, 0.15) is 0 Å². The van der Waals surface area contributed by atoms with Crippen molar-refractivity contribution < 1.29 is 0 Å². The molecule has 1 unspecified atom stereocenters. The van der Waals surface area contributed by atoms with Crippen LogP contribution >= 0.6 is 11.3 Å². The third-order valence-corrected chi connectivity index (χ3v) is 4.21. The molecule has 0 radical (unpaired) electrons. The fraction of sp³-hybridized carbons (Fsp3) is 0.714. The van der Waals surface area contributed by atoms with Gasteiger partial charge in [-0.25, -0.2) is 0 Å². The van der Waals surface area contributed by atoms with E-state index in [1.54, 1.807) is 4.88 Å². The molecule has 1 rings (SSSR count). The fourth-order valence-corrected chi connectivity index (χ4v) is 2.95. The lowest BCUT2D eigenvalue weighted by molar-refractivity contribution is 0.259. The summed E-state index contributed by atoms with van der Waals surface area (Å²) in [5, 5.41) is 5.81. The number of aryl methyl sites for hydroxylation is 2. The van der Waals surface area contributed by atoms with Gasteiger partial charge in [-0.1, -0.05) is 27.7 Å². The van der Waals surface area contributed by atoms with Crippen LogP contribution in [0.1, 0.15) is 44.6 Å². The second-order valence-electron chi connectivity index (χ2n) is 5.54. The van der Waals surface area contributed by atoms with Gasteiger partial charge in [0, 0.05) is 10.9 Å². The lowest BCUT2D eigenvalue weighted by atomic mass is 9.84. The maximum Gasteiger partial charge on any atom is 0.0119 e. The highest BCUT2D eigenvalue weighted by Crippen LogP contribution is 2.25. The monoisotopic (exact) mass is 239 g/mol. The smallest absolute Gasteiger partial charge is 0.0119 e. The van der Waals surface area contributed by atoms with Crippen LogP contribution in [-0.2, 0) is 6.42 Å². The lowest BCUT2D eigenvalue weighted by Gasteiger charge is -2.31. The molecule has 0 saturated heterocycles. The third kappa shape index (κ3) is 3.91. The first-order valence-electron chi connectivity index (χ1n) is 6.21. The van der Waals surface area contributed by atoms with Crippen LogP contribution in [0.5, 0.6) is 0 Å². The number of hydrogen-bond acceptors (Lipinski definition) is 2. The highest BCUT2D eigenvalue weighted by molar-refractivity contribution is 7.10. The van der Waals surface area contributed by atoms with Crippen LogP contribution in [-0.4, -0.2) is 12.6 Å². The molecule has 0 spiro atoms. The summed E-state index contributed by atoms with van der Waals surface area (Å²) >= 11 is 1.89. The molecule has 2 heteroatoms. The summed E-state index contributed by atoms with van der Waals surface area (Å²) in [4.78, 5) is 1.55. The maximum absolute atomic E-state index is 3.61. The minimum absolute atomic E-state index is 0.348. The van der Waals surface area contributed by atoms with Crippen molar-refractivity contribution in [3.63, 3.8) is 0 Å². The molecular formula is C14H25NS. The van der Waals surface area contributed by atoms with E-state index in [1.165, 1.54) is 18.4 Å². The molecule has 1 N–H and O–H groups in total. The van der Waals surface area contributed by atoms with Crippen LogP contribution in [0.25, 0.3) is 0 Å². The average Bonchev–Trinajstić information content (AvgIpc) is 2.57. The normalized spacial score (nSPS) is 14.1. The number of thiophene rings is 1. The van der Waals surface area contributed by atoms with Crippen LogP contribution in [0.15, 0.2) is 11.4 Å². The van der Waals surface area contributed by atoms with Gasteiger partial charge in [0.05, 0.1) is 0 Å². The Labute approximate surface area is 104 Å². The van der Waals surface area contributed by atoms with E-state index >= 15 is 0 Å². The van der Waals surface area contributed by atoms with E-state index in [1.807, 2.05) is 11.3 Å². The standard InChI is InChI=1S/C14H25NS/c1-6-15-13(14(3,4)5)8-7-12-11(2)9-10-16-12/h9-10,13,15H,6-8H2,1-5H3. The second-order valence-corrected chi connectivity index (χ2v) is 6.54. The summed E-state index contributed by atoms with van der Waals surface area (Å²) in [5.74, 6) is 0. The van der Waals surface area contributed by atoms with Crippen molar-refractivity contribution in [2.75, 3.05) is 6.54 Å². The summed E-state index contributed by atoms with van der Waals surface area (Å²) in [6.45, 7) is 12.4. The molecular weight excluding hydrogens is 214 g/mol. The van der Waals surface area contributed by atoms with Crippen LogP contribution in [0.2, 0.25) is 0 Å². The van der Waals surface area contributed by atoms with Gasteiger partial charge in [0.15, 0.2) is 0 Å². The quantitative estimate of drug-likeness (QED) is 0.818. The van der Waals surface area contributed by atoms with Gasteiger partial charge in [-0.3, -0.25) is 0 Å². The predicted molar refractivity (Wildman–Crippen MR) is 74.3 cm³/mol. The Kier molecular flexibility index (Phi) is 5.00. The molecule has 0 fully saturated rings. The van der Waals surface area contributed by atoms with Crippen molar-refractivity contribution in [3.05, 3.63) is 21.9 Å². The van der Waals surface area contributed by atoms with E-state index in [4.69, 9.17) is 0 Å². The summed E-state index contributed by atoms with van der Waals surface area (Å²) in [5.41, 5.74) is 1.80. The Morgan fingerprint density at radius 1 is 1.38 bits per heavy atom. The van der Waals surface area contributed by atoms with E-state index in [0.717, 1.165) is 6.54 Å². The zero-order valence-corrected chi connectivity index (χ0v) is 12.1. The molecule has 0 saturated carbocycles. The molecule has 1 aromatic heterocycles. The first-order valence-corrected chi connectivity index (χ1v) is 7.09. The van der Waals surface area contributed by atoms with E-state index < -0.39 is 0 Å². The van der Waals surface area contributed by atoms with Crippen molar-refractivity contribution in [2.45, 2.75) is 53.5 Å². The Bertz CT molecular complexity index is 309. The number of nitrogens with one attached hydrogen (secondary N) is 1. The van der Waals surface area contributed by atoms with Gasteiger partial charge >= 0.3 is 0 Å². The van der Waals surface area contributed by atoms with E-state index in [-0.39, 0.29) is 0 Å². The largest absolute Gasteiger partial charge is 0.314 e. The van der Waals surface area contributed by atoms with Gasteiger partial charge in [0.25, 0.3) is 0 Å². The molecule has 1 nitrogen and oxygen atoms in total. The van der Waals surface area contributed by atoms with E-state index in [2.05, 4.69) is 51.4 Å². The molecule has 0 aliphatic rings. The van der Waals surface area contributed by atoms with Gasteiger partial charge < -0.3 is 5.32 Å². The molecule has 16 heavy (non-hydrogen) atoms. The highest BCUT2D eigenvalue weighted by Gasteiger charge is 2.23. The fourth-order valence-electron chi connectivity index (χ4n) is 2.02. The Morgan fingerprint density at radius 2 is 2.06 bits per heavy atom. The Morgan fingerprint density at radius 3 is 2.50 bits per heavy atom. The molecule has 0 aromatic carbocycles. The summed E-state index contributed by atoms with van der Waals surface area (Å²) < 4.78 is 0. The predicted octanol–water partition coefficient (Wildman–Crippen LogP) is 4.01. The Balaban J connectivity index is 2.54.